The molecule has 1 aliphatic heterocycles. The predicted molar refractivity (Wildman–Crippen MR) is 60.6 cm³/mol. The second-order valence-corrected chi connectivity index (χ2v) is 4.82. The van der Waals surface area contributed by atoms with Gasteiger partial charge in [-0.1, -0.05) is 13.8 Å². The van der Waals surface area contributed by atoms with Gasteiger partial charge in [-0.25, -0.2) is 0 Å². The average molecular weight is 213 g/mol. The molecule has 0 radical (unpaired) electrons. The highest BCUT2D eigenvalue weighted by molar-refractivity contribution is 5.69. The lowest BCUT2D eigenvalue weighted by Gasteiger charge is -2.22. The lowest BCUT2D eigenvalue weighted by molar-refractivity contribution is -0.144. The van der Waals surface area contributed by atoms with Gasteiger partial charge in [-0.05, 0) is 44.2 Å². The van der Waals surface area contributed by atoms with Gasteiger partial charge in [-0.15, -0.1) is 0 Å². The molecule has 0 aliphatic carbocycles. The summed E-state index contributed by atoms with van der Waals surface area (Å²) < 4.78 is 5.19. The van der Waals surface area contributed by atoms with E-state index >= 15 is 0 Å². The highest BCUT2D eigenvalue weighted by Gasteiger charge is 2.13. The van der Waals surface area contributed by atoms with Gasteiger partial charge in [0.25, 0.3) is 0 Å². The Morgan fingerprint density at radius 1 is 1.53 bits per heavy atom. The molecule has 0 saturated carbocycles. The van der Waals surface area contributed by atoms with Gasteiger partial charge in [0.15, 0.2) is 0 Å². The van der Waals surface area contributed by atoms with Gasteiger partial charge in [0, 0.05) is 6.42 Å². The summed E-state index contributed by atoms with van der Waals surface area (Å²) >= 11 is 0. The van der Waals surface area contributed by atoms with Crippen LogP contribution in [0.2, 0.25) is 0 Å². The number of piperidine rings is 1. The molecule has 0 aromatic heterocycles. The van der Waals surface area contributed by atoms with Gasteiger partial charge >= 0.3 is 5.97 Å². The first kappa shape index (κ1) is 12.5. The molecule has 0 aromatic rings. The molecule has 15 heavy (non-hydrogen) atoms. The van der Waals surface area contributed by atoms with E-state index < -0.39 is 0 Å². The Kier molecular flexibility index (Phi) is 5.69. The number of nitrogens with one attached hydrogen (secondary N) is 1. The molecule has 1 fully saturated rings. The maximum atomic E-state index is 11.3. The van der Waals surface area contributed by atoms with Gasteiger partial charge in [0.05, 0.1) is 6.61 Å². The summed E-state index contributed by atoms with van der Waals surface area (Å²) in [4.78, 5) is 11.3. The maximum absolute atomic E-state index is 11.3. The molecule has 88 valence electrons. The zero-order valence-corrected chi connectivity index (χ0v) is 9.92. The summed E-state index contributed by atoms with van der Waals surface area (Å²) in [7, 11) is 0. The van der Waals surface area contributed by atoms with E-state index in [-0.39, 0.29) is 5.97 Å². The molecule has 0 aromatic carbocycles. The SMILES string of the molecule is CC(C)CC(=O)OCCC1CCCNC1. The number of carbonyl (C=O) groups excluding carboxylic acids is 1. The van der Waals surface area contributed by atoms with Gasteiger partial charge in [-0.2, -0.15) is 0 Å². The van der Waals surface area contributed by atoms with Crippen molar-refractivity contribution in [3.63, 3.8) is 0 Å². The molecule has 0 amide bonds. The van der Waals surface area contributed by atoms with Gasteiger partial charge in [0.1, 0.15) is 0 Å². The van der Waals surface area contributed by atoms with Crippen LogP contribution in [0.5, 0.6) is 0 Å². The molecule has 3 heteroatoms. The Bertz CT molecular complexity index is 186. The minimum atomic E-state index is -0.0474. The Labute approximate surface area is 92.6 Å². The molecular formula is C12H23NO2. The highest BCUT2D eigenvalue weighted by atomic mass is 16.5. The first-order chi connectivity index (χ1) is 7.18. The largest absolute Gasteiger partial charge is 0.466 e. The number of esters is 1. The zero-order valence-electron chi connectivity index (χ0n) is 9.92. The Morgan fingerprint density at radius 3 is 2.93 bits per heavy atom. The second-order valence-electron chi connectivity index (χ2n) is 4.82. The van der Waals surface area contributed by atoms with Crippen LogP contribution in [0, 0.1) is 11.8 Å². The maximum Gasteiger partial charge on any atom is 0.306 e. The van der Waals surface area contributed by atoms with Crippen molar-refractivity contribution < 1.29 is 9.53 Å². The third-order valence-corrected chi connectivity index (χ3v) is 2.76. The fourth-order valence-corrected chi connectivity index (χ4v) is 1.90. The first-order valence-electron chi connectivity index (χ1n) is 6.05. The summed E-state index contributed by atoms with van der Waals surface area (Å²) in [5.74, 6) is 1.05. The quantitative estimate of drug-likeness (QED) is 0.710. The van der Waals surface area contributed by atoms with Crippen LogP contribution in [0.15, 0.2) is 0 Å². The van der Waals surface area contributed by atoms with E-state index in [0.717, 1.165) is 19.5 Å². The van der Waals surface area contributed by atoms with E-state index in [1.54, 1.807) is 0 Å². The van der Waals surface area contributed by atoms with Crippen molar-refractivity contribution in [3.05, 3.63) is 0 Å². The third kappa shape index (κ3) is 5.78. The standard InChI is InChI=1S/C12H23NO2/c1-10(2)8-12(14)15-7-5-11-4-3-6-13-9-11/h10-11,13H,3-9H2,1-2H3. The summed E-state index contributed by atoms with van der Waals surface area (Å²) in [6, 6.07) is 0. The van der Waals surface area contributed by atoms with Crippen molar-refractivity contribution in [3.8, 4) is 0 Å². The number of carbonyl (C=O) groups is 1. The summed E-state index contributed by atoms with van der Waals surface area (Å²) in [5.41, 5.74) is 0. The molecule has 1 heterocycles. The lowest BCUT2D eigenvalue weighted by Crippen LogP contribution is -2.30. The minimum absolute atomic E-state index is 0.0474. The topological polar surface area (TPSA) is 38.3 Å². The van der Waals surface area contributed by atoms with E-state index in [4.69, 9.17) is 4.74 Å². The molecule has 1 N–H and O–H groups in total. The molecule has 3 nitrogen and oxygen atoms in total. The van der Waals surface area contributed by atoms with Crippen molar-refractivity contribution in [1.29, 1.82) is 0 Å². The molecule has 1 rings (SSSR count). The Balaban J connectivity index is 2.02. The Hall–Kier alpha value is -0.570. The zero-order chi connectivity index (χ0) is 11.1. The van der Waals surface area contributed by atoms with Crippen molar-refractivity contribution in [2.45, 2.75) is 39.5 Å². The van der Waals surface area contributed by atoms with E-state index in [0.29, 0.717) is 24.9 Å². The van der Waals surface area contributed by atoms with Crippen molar-refractivity contribution in [2.75, 3.05) is 19.7 Å². The fraction of sp³-hybridized carbons (Fsp3) is 0.917. The fourth-order valence-electron chi connectivity index (χ4n) is 1.90. The highest BCUT2D eigenvalue weighted by Crippen LogP contribution is 2.14. The molecule has 1 saturated heterocycles. The Morgan fingerprint density at radius 2 is 2.33 bits per heavy atom. The van der Waals surface area contributed by atoms with Crippen LogP contribution in [0.4, 0.5) is 0 Å². The number of rotatable bonds is 5. The first-order valence-corrected chi connectivity index (χ1v) is 6.05. The van der Waals surface area contributed by atoms with E-state index in [2.05, 4.69) is 5.32 Å². The molecular weight excluding hydrogens is 190 g/mol. The second kappa shape index (κ2) is 6.83. The van der Waals surface area contributed by atoms with Crippen LogP contribution in [0.1, 0.15) is 39.5 Å². The number of ether oxygens (including phenoxy) is 1. The average Bonchev–Trinajstić information content (AvgIpc) is 2.18. The molecule has 1 unspecified atom stereocenters. The summed E-state index contributed by atoms with van der Waals surface area (Å²) in [5, 5.41) is 3.36. The molecule has 1 atom stereocenters. The third-order valence-electron chi connectivity index (χ3n) is 2.76. The van der Waals surface area contributed by atoms with Crippen LogP contribution in [0.3, 0.4) is 0 Å². The smallest absolute Gasteiger partial charge is 0.306 e. The van der Waals surface area contributed by atoms with Gasteiger partial charge in [-0.3, -0.25) is 4.79 Å². The van der Waals surface area contributed by atoms with E-state index in [9.17, 15) is 4.79 Å². The van der Waals surface area contributed by atoms with E-state index in [1.165, 1.54) is 12.8 Å². The molecule has 0 bridgehead atoms. The van der Waals surface area contributed by atoms with Crippen LogP contribution in [-0.2, 0) is 9.53 Å². The monoisotopic (exact) mass is 213 g/mol. The minimum Gasteiger partial charge on any atom is -0.466 e. The van der Waals surface area contributed by atoms with Crippen LogP contribution >= 0.6 is 0 Å². The predicted octanol–water partition coefficient (Wildman–Crippen LogP) is 1.97. The van der Waals surface area contributed by atoms with Crippen molar-refractivity contribution in [1.82, 2.24) is 5.32 Å². The van der Waals surface area contributed by atoms with Gasteiger partial charge in [0.2, 0.25) is 0 Å². The van der Waals surface area contributed by atoms with Crippen LogP contribution < -0.4 is 5.32 Å². The van der Waals surface area contributed by atoms with Crippen molar-refractivity contribution >= 4 is 5.97 Å². The van der Waals surface area contributed by atoms with Crippen LogP contribution in [-0.4, -0.2) is 25.7 Å². The number of hydrogen-bond donors (Lipinski definition) is 1. The van der Waals surface area contributed by atoms with Gasteiger partial charge < -0.3 is 10.1 Å². The normalized spacial score (nSPS) is 21.7. The molecule has 1 aliphatic rings. The van der Waals surface area contributed by atoms with Crippen LogP contribution in [0.25, 0.3) is 0 Å². The summed E-state index contributed by atoms with van der Waals surface area (Å²) in [6.45, 7) is 6.89. The number of hydrogen-bond acceptors (Lipinski definition) is 3. The lowest BCUT2D eigenvalue weighted by atomic mass is 9.97. The summed E-state index contributed by atoms with van der Waals surface area (Å²) in [6.07, 6.45) is 4.08. The van der Waals surface area contributed by atoms with E-state index in [1.807, 2.05) is 13.8 Å². The van der Waals surface area contributed by atoms with Crippen molar-refractivity contribution in [2.24, 2.45) is 11.8 Å². The molecule has 0 spiro atoms.